The lowest BCUT2D eigenvalue weighted by Gasteiger charge is -2.21. The quantitative estimate of drug-likeness (QED) is 0.897. The van der Waals surface area contributed by atoms with Gasteiger partial charge in [0, 0.05) is 12.6 Å². The van der Waals surface area contributed by atoms with Crippen LogP contribution in [0.4, 0.5) is 4.39 Å². The molecule has 1 aliphatic carbocycles. The molecule has 0 bridgehead atoms. The second-order valence-electron chi connectivity index (χ2n) is 4.08. The molecule has 17 heavy (non-hydrogen) atoms. The topological polar surface area (TPSA) is 40.5 Å². The van der Waals surface area contributed by atoms with Gasteiger partial charge in [0.25, 0.3) is 5.91 Å². The number of carbonyl (C=O) groups excluding carboxylic acids is 1. The predicted molar refractivity (Wildman–Crippen MR) is 62.6 cm³/mol. The number of halogens is 2. The van der Waals surface area contributed by atoms with Gasteiger partial charge in [0.1, 0.15) is 5.82 Å². The van der Waals surface area contributed by atoms with Gasteiger partial charge in [-0.05, 0) is 31.0 Å². The van der Waals surface area contributed by atoms with Crippen molar-refractivity contribution in [2.75, 3.05) is 13.2 Å². The second-order valence-corrected chi connectivity index (χ2v) is 4.48. The van der Waals surface area contributed by atoms with Crippen molar-refractivity contribution in [2.45, 2.75) is 18.9 Å². The minimum absolute atomic E-state index is 0.0823. The van der Waals surface area contributed by atoms with E-state index in [1.807, 2.05) is 0 Å². The zero-order valence-electron chi connectivity index (χ0n) is 9.20. The van der Waals surface area contributed by atoms with Crippen molar-refractivity contribution >= 4 is 17.5 Å². The smallest absolute Gasteiger partial charge is 0.255 e. The zero-order chi connectivity index (χ0) is 12.4. The van der Waals surface area contributed by atoms with Crippen LogP contribution in [0.25, 0.3) is 0 Å². The molecule has 92 valence electrons. The van der Waals surface area contributed by atoms with Crippen molar-refractivity contribution in [1.29, 1.82) is 0 Å². The fourth-order valence-electron chi connectivity index (χ4n) is 1.76. The first-order valence-corrected chi connectivity index (χ1v) is 5.88. The Kier molecular flexibility index (Phi) is 3.64. The molecule has 0 radical (unpaired) electrons. The van der Waals surface area contributed by atoms with Crippen molar-refractivity contribution in [3.63, 3.8) is 0 Å². The second kappa shape index (κ2) is 5.02. The van der Waals surface area contributed by atoms with Crippen molar-refractivity contribution in [2.24, 2.45) is 0 Å². The van der Waals surface area contributed by atoms with Crippen LogP contribution in [-0.2, 0) is 0 Å². The maximum atomic E-state index is 12.9. The molecule has 5 heteroatoms. The van der Waals surface area contributed by atoms with Crippen LogP contribution in [0.1, 0.15) is 23.2 Å². The number of hydrogen-bond acceptors (Lipinski definition) is 2. The average molecular weight is 258 g/mol. The number of rotatable bonds is 4. The summed E-state index contributed by atoms with van der Waals surface area (Å²) in [5.41, 5.74) is 0.286. The normalized spacial score (nSPS) is 14.8. The number of aliphatic hydroxyl groups is 1. The van der Waals surface area contributed by atoms with Crippen molar-refractivity contribution in [3.05, 3.63) is 34.6 Å². The third-order valence-corrected chi connectivity index (χ3v) is 3.06. The van der Waals surface area contributed by atoms with Crippen molar-refractivity contribution in [3.8, 4) is 0 Å². The van der Waals surface area contributed by atoms with E-state index in [0.717, 1.165) is 18.9 Å². The van der Waals surface area contributed by atoms with Crippen LogP contribution in [0.5, 0.6) is 0 Å². The maximum absolute atomic E-state index is 12.9. The van der Waals surface area contributed by atoms with Crippen LogP contribution in [0, 0.1) is 5.82 Å². The van der Waals surface area contributed by atoms with Gasteiger partial charge in [-0.25, -0.2) is 4.39 Å². The van der Waals surface area contributed by atoms with Gasteiger partial charge in [-0.15, -0.1) is 0 Å². The average Bonchev–Trinajstić information content (AvgIpc) is 3.09. The molecular formula is C12H13ClFNO2. The van der Waals surface area contributed by atoms with Crippen LogP contribution >= 0.6 is 11.6 Å². The van der Waals surface area contributed by atoms with E-state index in [1.165, 1.54) is 12.1 Å². The van der Waals surface area contributed by atoms with Crippen LogP contribution in [0.3, 0.4) is 0 Å². The van der Waals surface area contributed by atoms with E-state index in [9.17, 15) is 9.18 Å². The Balaban J connectivity index is 2.22. The molecule has 3 nitrogen and oxygen atoms in total. The van der Waals surface area contributed by atoms with Crippen molar-refractivity contribution in [1.82, 2.24) is 4.90 Å². The van der Waals surface area contributed by atoms with Gasteiger partial charge in [-0.1, -0.05) is 11.6 Å². The lowest BCUT2D eigenvalue weighted by atomic mass is 10.2. The highest BCUT2D eigenvalue weighted by Crippen LogP contribution is 2.29. The Morgan fingerprint density at radius 2 is 2.24 bits per heavy atom. The molecule has 0 heterocycles. The Hall–Kier alpha value is -1.13. The molecule has 0 spiro atoms. The SMILES string of the molecule is O=C(c1ccc(F)cc1Cl)N(CCO)C1CC1. The van der Waals surface area contributed by atoms with Gasteiger partial charge >= 0.3 is 0 Å². The van der Waals surface area contributed by atoms with Crippen LogP contribution in [-0.4, -0.2) is 35.1 Å². The molecule has 0 saturated heterocycles. The summed E-state index contributed by atoms with van der Waals surface area (Å²) in [7, 11) is 0. The van der Waals surface area contributed by atoms with E-state index < -0.39 is 5.82 Å². The monoisotopic (exact) mass is 257 g/mol. The minimum Gasteiger partial charge on any atom is -0.395 e. The van der Waals surface area contributed by atoms with Crippen LogP contribution < -0.4 is 0 Å². The summed E-state index contributed by atoms with van der Waals surface area (Å²) in [6.45, 7) is 0.207. The molecule has 1 saturated carbocycles. The van der Waals surface area contributed by atoms with Crippen LogP contribution in [0.15, 0.2) is 18.2 Å². The molecule has 1 aromatic rings. The highest BCUT2D eigenvalue weighted by atomic mass is 35.5. The summed E-state index contributed by atoms with van der Waals surface area (Å²) in [5, 5.41) is 9.05. The zero-order valence-corrected chi connectivity index (χ0v) is 9.95. The van der Waals surface area contributed by atoms with E-state index >= 15 is 0 Å². The third kappa shape index (κ3) is 2.76. The van der Waals surface area contributed by atoms with Gasteiger partial charge in [-0.2, -0.15) is 0 Å². The summed E-state index contributed by atoms with van der Waals surface area (Å²) >= 11 is 5.84. The molecule has 1 fully saturated rings. The standard InChI is InChI=1S/C12H13ClFNO2/c13-11-7-8(14)1-4-10(11)12(17)15(5-6-16)9-2-3-9/h1,4,7,9,16H,2-3,5-6H2. The largest absolute Gasteiger partial charge is 0.395 e. The molecule has 0 atom stereocenters. The van der Waals surface area contributed by atoms with Gasteiger partial charge < -0.3 is 10.0 Å². The maximum Gasteiger partial charge on any atom is 0.255 e. The first-order valence-electron chi connectivity index (χ1n) is 5.50. The van der Waals surface area contributed by atoms with Crippen molar-refractivity contribution < 1.29 is 14.3 Å². The Morgan fingerprint density at radius 1 is 1.53 bits per heavy atom. The first kappa shape index (κ1) is 12.3. The molecule has 0 aliphatic heterocycles. The van der Waals surface area contributed by atoms with Gasteiger partial charge in [0.2, 0.25) is 0 Å². The molecule has 2 rings (SSSR count). The molecule has 1 N–H and O–H groups in total. The van der Waals surface area contributed by atoms with E-state index in [4.69, 9.17) is 16.7 Å². The van der Waals surface area contributed by atoms with E-state index in [1.54, 1.807) is 4.90 Å². The number of nitrogens with zero attached hydrogens (tertiary/aromatic N) is 1. The molecular weight excluding hydrogens is 245 g/mol. The number of hydrogen-bond donors (Lipinski definition) is 1. The third-order valence-electron chi connectivity index (χ3n) is 2.75. The number of benzene rings is 1. The predicted octanol–water partition coefficient (Wildman–Crippen LogP) is 2.08. The minimum atomic E-state index is -0.466. The molecule has 1 aromatic carbocycles. The van der Waals surface area contributed by atoms with E-state index in [-0.39, 0.29) is 35.7 Å². The fraction of sp³-hybridized carbons (Fsp3) is 0.417. The van der Waals surface area contributed by atoms with E-state index in [0.29, 0.717) is 0 Å². The van der Waals surface area contributed by atoms with Gasteiger partial charge in [0.05, 0.1) is 17.2 Å². The molecule has 1 aliphatic rings. The lowest BCUT2D eigenvalue weighted by Crippen LogP contribution is -2.35. The highest BCUT2D eigenvalue weighted by molar-refractivity contribution is 6.33. The number of carbonyl (C=O) groups is 1. The Bertz CT molecular complexity index is 435. The Labute approximate surface area is 104 Å². The highest BCUT2D eigenvalue weighted by Gasteiger charge is 2.33. The number of amides is 1. The molecule has 1 amide bonds. The fourth-order valence-corrected chi connectivity index (χ4v) is 2.01. The molecule has 0 unspecified atom stereocenters. The molecule has 0 aromatic heterocycles. The van der Waals surface area contributed by atoms with Gasteiger partial charge in [-0.3, -0.25) is 4.79 Å². The van der Waals surface area contributed by atoms with E-state index in [2.05, 4.69) is 0 Å². The summed E-state index contributed by atoms with van der Waals surface area (Å²) in [4.78, 5) is 13.8. The first-order chi connectivity index (χ1) is 8.13. The number of aliphatic hydroxyl groups excluding tert-OH is 1. The summed E-state index contributed by atoms with van der Waals surface area (Å²) < 4.78 is 12.9. The lowest BCUT2D eigenvalue weighted by molar-refractivity contribution is 0.0708. The van der Waals surface area contributed by atoms with Gasteiger partial charge in [0.15, 0.2) is 0 Å². The van der Waals surface area contributed by atoms with Crippen LogP contribution in [0.2, 0.25) is 5.02 Å². The summed E-state index contributed by atoms with van der Waals surface area (Å²) in [5.74, 6) is -0.710. The summed E-state index contributed by atoms with van der Waals surface area (Å²) in [6, 6.07) is 3.91. The summed E-state index contributed by atoms with van der Waals surface area (Å²) in [6.07, 6.45) is 1.90. The Morgan fingerprint density at radius 3 is 2.76 bits per heavy atom.